The molecular formula is C15H19FO4. The Kier molecular flexibility index (Phi) is 4.16. The molecule has 1 aromatic rings. The second kappa shape index (κ2) is 5.69. The number of halogens is 1. The highest BCUT2D eigenvalue weighted by molar-refractivity contribution is 5.83. The van der Waals surface area contributed by atoms with Crippen molar-refractivity contribution in [2.45, 2.75) is 37.5 Å². The largest absolute Gasteiger partial charge is 0.496 e. The zero-order valence-corrected chi connectivity index (χ0v) is 11.7. The first-order chi connectivity index (χ1) is 9.56. The third-order valence-corrected chi connectivity index (χ3v) is 4.10. The lowest BCUT2D eigenvalue weighted by molar-refractivity contribution is -0.145. The summed E-state index contributed by atoms with van der Waals surface area (Å²) in [6.07, 6.45) is 3.35. The van der Waals surface area contributed by atoms with E-state index < -0.39 is 17.2 Å². The molecule has 1 N–H and O–H groups in total. The first-order valence-electron chi connectivity index (χ1n) is 6.71. The summed E-state index contributed by atoms with van der Waals surface area (Å²) in [4.78, 5) is 11.8. The molecule has 4 nitrogen and oxygen atoms in total. The van der Waals surface area contributed by atoms with Crippen LogP contribution in [-0.4, -0.2) is 25.3 Å². The van der Waals surface area contributed by atoms with Crippen LogP contribution < -0.4 is 9.47 Å². The van der Waals surface area contributed by atoms with Crippen LogP contribution in [0.5, 0.6) is 11.5 Å². The molecule has 20 heavy (non-hydrogen) atoms. The van der Waals surface area contributed by atoms with E-state index in [9.17, 15) is 14.3 Å². The monoisotopic (exact) mass is 282 g/mol. The minimum absolute atomic E-state index is 0.0481. The van der Waals surface area contributed by atoms with Crippen molar-refractivity contribution >= 4 is 5.97 Å². The molecule has 1 aliphatic carbocycles. The van der Waals surface area contributed by atoms with Gasteiger partial charge < -0.3 is 14.6 Å². The molecule has 0 bridgehead atoms. The topological polar surface area (TPSA) is 55.8 Å². The molecule has 0 heterocycles. The van der Waals surface area contributed by atoms with Crippen molar-refractivity contribution in [3.05, 3.63) is 23.5 Å². The first kappa shape index (κ1) is 14.6. The van der Waals surface area contributed by atoms with E-state index in [1.807, 2.05) is 0 Å². The number of ether oxygens (including phenoxy) is 2. The molecule has 1 aromatic carbocycles. The highest BCUT2D eigenvalue weighted by Crippen LogP contribution is 2.46. The second-order valence-electron chi connectivity index (χ2n) is 5.11. The number of hydrogen-bond donors (Lipinski definition) is 1. The lowest BCUT2D eigenvalue weighted by atomic mass is 9.69. The van der Waals surface area contributed by atoms with E-state index in [-0.39, 0.29) is 17.1 Å². The number of rotatable bonds is 4. The number of carboxylic acid groups (broad SMARTS) is 1. The zero-order valence-electron chi connectivity index (χ0n) is 11.7. The Morgan fingerprint density at radius 1 is 1.15 bits per heavy atom. The number of carboxylic acids is 1. The normalized spacial score (nSPS) is 17.6. The maximum atomic E-state index is 14.6. The van der Waals surface area contributed by atoms with Crippen LogP contribution in [0.1, 0.15) is 37.7 Å². The van der Waals surface area contributed by atoms with E-state index in [0.29, 0.717) is 12.8 Å². The van der Waals surface area contributed by atoms with Crippen LogP contribution in [0.25, 0.3) is 0 Å². The van der Waals surface area contributed by atoms with Gasteiger partial charge in [-0.3, -0.25) is 4.79 Å². The van der Waals surface area contributed by atoms with Gasteiger partial charge in [-0.25, -0.2) is 4.39 Å². The van der Waals surface area contributed by atoms with Crippen molar-refractivity contribution in [3.8, 4) is 11.5 Å². The molecule has 0 unspecified atom stereocenters. The Bertz CT molecular complexity index is 507. The van der Waals surface area contributed by atoms with Gasteiger partial charge in [0.15, 0.2) is 11.6 Å². The van der Waals surface area contributed by atoms with Crippen molar-refractivity contribution in [3.63, 3.8) is 0 Å². The van der Waals surface area contributed by atoms with Gasteiger partial charge in [-0.15, -0.1) is 0 Å². The van der Waals surface area contributed by atoms with Crippen LogP contribution in [0, 0.1) is 5.82 Å². The van der Waals surface area contributed by atoms with E-state index in [1.165, 1.54) is 20.3 Å². The van der Waals surface area contributed by atoms with Gasteiger partial charge in [0.05, 0.1) is 25.2 Å². The Morgan fingerprint density at radius 3 is 2.20 bits per heavy atom. The van der Waals surface area contributed by atoms with Gasteiger partial charge >= 0.3 is 5.97 Å². The van der Waals surface area contributed by atoms with E-state index in [2.05, 4.69) is 0 Å². The van der Waals surface area contributed by atoms with Crippen LogP contribution in [0.15, 0.2) is 12.1 Å². The lowest BCUT2D eigenvalue weighted by Crippen LogP contribution is -2.39. The quantitative estimate of drug-likeness (QED) is 0.921. The lowest BCUT2D eigenvalue weighted by Gasteiger charge is -2.35. The highest BCUT2D eigenvalue weighted by atomic mass is 19.1. The first-order valence-corrected chi connectivity index (χ1v) is 6.71. The Hall–Kier alpha value is -1.78. The fourth-order valence-corrected chi connectivity index (χ4v) is 3.04. The molecule has 0 saturated heterocycles. The number of carbonyl (C=O) groups is 1. The maximum absolute atomic E-state index is 14.6. The van der Waals surface area contributed by atoms with Crippen LogP contribution >= 0.6 is 0 Å². The van der Waals surface area contributed by atoms with E-state index in [0.717, 1.165) is 19.3 Å². The third kappa shape index (κ3) is 2.21. The summed E-state index contributed by atoms with van der Waals surface area (Å²) >= 11 is 0. The highest BCUT2D eigenvalue weighted by Gasteiger charge is 2.46. The molecule has 1 aliphatic rings. The molecule has 0 amide bonds. The van der Waals surface area contributed by atoms with Crippen LogP contribution in [0.4, 0.5) is 4.39 Å². The van der Waals surface area contributed by atoms with Crippen molar-refractivity contribution in [1.29, 1.82) is 0 Å². The molecule has 110 valence electrons. The second-order valence-corrected chi connectivity index (χ2v) is 5.11. The molecule has 0 aromatic heterocycles. The standard InChI is InChI=1S/C15H19FO4/c1-19-10-6-7-11(20-2)13(16)12(10)15(14(17)18)8-4-3-5-9-15/h6-7H,3-5,8-9H2,1-2H3,(H,17,18). The SMILES string of the molecule is COc1ccc(OC)c(C2(C(=O)O)CCCCC2)c1F. The van der Waals surface area contributed by atoms with E-state index in [1.54, 1.807) is 6.07 Å². The summed E-state index contributed by atoms with van der Waals surface area (Å²) in [5.41, 5.74) is -1.10. The minimum atomic E-state index is -1.22. The van der Waals surface area contributed by atoms with Crippen molar-refractivity contribution in [2.24, 2.45) is 0 Å². The fourth-order valence-electron chi connectivity index (χ4n) is 3.04. The van der Waals surface area contributed by atoms with E-state index in [4.69, 9.17) is 9.47 Å². The van der Waals surface area contributed by atoms with Crippen molar-refractivity contribution in [1.82, 2.24) is 0 Å². The van der Waals surface area contributed by atoms with Crippen molar-refractivity contribution in [2.75, 3.05) is 14.2 Å². The van der Waals surface area contributed by atoms with Crippen LogP contribution in [0.2, 0.25) is 0 Å². The summed E-state index contributed by atoms with van der Waals surface area (Å²) in [5.74, 6) is -1.31. The summed E-state index contributed by atoms with van der Waals surface area (Å²) in [5, 5.41) is 9.69. The molecule has 2 rings (SSSR count). The molecule has 0 radical (unpaired) electrons. The molecule has 1 fully saturated rings. The Morgan fingerprint density at radius 2 is 1.70 bits per heavy atom. The van der Waals surface area contributed by atoms with Crippen molar-refractivity contribution < 1.29 is 23.8 Å². The summed E-state index contributed by atoms with van der Waals surface area (Å²) in [6, 6.07) is 3.02. The molecule has 0 atom stereocenters. The summed E-state index contributed by atoms with van der Waals surface area (Å²) in [6.45, 7) is 0. The minimum Gasteiger partial charge on any atom is -0.496 e. The Balaban J connectivity index is 2.66. The van der Waals surface area contributed by atoms with E-state index >= 15 is 0 Å². The number of hydrogen-bond acceptors (Lipinski definition) is 3. The summed E-state index contributed by atoms with van der Waals surface area (Å²) < 4.78 is 24.8. The molecular weight excluding hydrogens is 263 g/mol. The fraction of sp³-hybridized carbons (Fsp3) is 0.533. The molecule has 1 saturated carbocycles. The number of benzene rings is 1. The maximum Gasteiger partial charge on any atom is 0.314 e. The average Bonchev–Trinajstić information content (AvgIpc) is 2.47. The van der Waals surface area contributed by atoms with Gasteiger partial charge in [0.2, 0.25) is 0 Å². The van der Waals surface area contributed by atoms with Crippen LogP contribution in [0.3, 0.4) is 0 Å². The van der Waals surface area contributed by atoms with Gasteiger partial charge in [0, 0.05) is 0 Å². The zero-order chi connectivity index (χ0) is 14.8. The molecule has 5 heteroatoms. The third-order valence-electron chi connectivity index (χ3n) is 4.10. The van der Waals surface area contributed by atoms with Gasteiger partial charge in [-0.05, 0) is 25.0 Å². The van der Waals surface area contributed by atoms with Gasteiger partial charge in [0.1, 0.15) is 5.75 Å². The predicted molar refractivity (Wildman–Crippen MR) is 71.9 cm³/mol. The molecule has 0 spiro atoms. The Labute approximate surface area is 117 Å². The molecule has 0 aliphatic heterocycles. The average molecular weight is 282 g/mol. The van der Waals surface area contributed by atoms with Crippen LogP contribution in [-0.2, 0) is 10.2 Å². The number of aliphatic carboxylic acids is 1. The summed E-state index contributed by atoms with van der Waals surface area (Å²) in [7, 11) is 2.78. The smallest absolute Gasteiger partial charge is 0.314 e. The predicted octanol–water partition coefficient (Wildman–Crippen LogP) is 3.13. The van der Waals surface area contributed by atoms with Gasteiger partial charge in [0.25, 0.3) is 0 Å². The van der Waals surface area contributed by atoms with Gasteiger partial charge in [-0.1, -0.05) is 19.3 Å². The number of methoxy groups -OCH3 is 2. The van der Waals surface area contributed by atoms with Gasteiger partial charge in [-0.2, -0.15) is 0 Å².